The van der Waals surface area contributed by atoms with Crippen molar-refractivity contribution in [3.05, 3.63) is 70.4 Å². The Morgan fingerprint density at radius 3 is 2.45 bits per heavy atom. The fourth-order valence-electron chi connectivity index (χ4n) is 3.48. The number of esters is 1. The van der Waals surface area contributed by atoms with Gasteiger partial charge in [0.05, 0.1) is 30.5 Å². The summed E-state index contributed by atoms with van der Waals surface area (Å²) in [6, 6.07) is 9.65. The normalized spacial score (nSPS) is 16.1. The van der Waals surface area contributed by atoms with Crippen molar-refractivity contribution in [3.8, 4) is 5.75 Å². The molecule has 33 heavy (non-hydrogen) atoms. The van der Waals surface area contributed by atoms with Crippen LogP contribution < -0.4 is 20.7 Å². The van der Waals surface area contributed by atoms with Gasteiger partial charge in [-0.05, 0) is 56.2 Å². The van der Waals surface area contributed by atoms with Crippen LogP contribution in [-0.4, -0.2) is 31.5 Å². The predicted octanol–water partition coefficient (Wildman–Crippen LogP) is 4.49. The molecule has 0 fully saturated rings. The highest BCUT2D eigenvalue weighted by molar-refractivity contribution is 5.95. The van der Waals surface area contributed by atoms with Crippen molar-refractivity contribution < 1.29 is 32.2 Å². The summed E-state index contributed by atoms with van der Waals surface area (Å²) >= 11 is 0. The van der Waals surface area contributed by atoms with E-state index in [4.69, 9.17) is 4.74 Å². The molecule has 1 aliphatic heterocycles. The molecule has 10 heteroatoms. The number of hydrogen-bond acceptors (Lipinski definition) is 5. The van der Waals surface area contributed by atoms with Crippen molar-refractivity contribution in [1.29, 1.82) is 0 Å². The first kappa shape index (κ1) is 24.0. The summed E-state index contributed by atoms with van der Waals surface area (Å²) in [7, 11) is 0. The van der Waals surface area contributed by atoms with Crippen molar-refractivity contribution in [2.24, 2.45) is 0 Å². The van der Waals surface area contributed by atoms with E-state index in [-0.39, 0.29) is 24.5 Å². The van der Waals surface area contributed by atoms with Crippen LogP contribution in [0.3, 0.4) is 0 Å². The van der Waals surface area contributed by atoms with Gasteiger partial charge in [-0.25, -0.2) is 9.59 Å². The van der Waals surface area contributed by atoms with E-state index < -0.39 is 24.4 Å². The third-order valence-corrected chi connectivity index (χ3v) is 4.95. The number of halogens is 3. The molecule has 0 radical (unpaired) electrons. The number of ether oxygens (including phenoxy) is 2. The van der Waals surface area contributed by atoms with Gasteiger partial charge in [-0.2, -0.15) is 0 Å². The molecule has 176 valence electrons. The van der Waals surface area contributed by atoms with Crippen molar-refractivity contribution >= 4 is 17.7 Å². The molecular formula is C23H24F3N3O4. The van der Waals surface area contributed by atoms with E-state index in [1.807, 2.05) is 32.0 Å². The molecule has 2 amide bonds. The second-order valence-electron chi connectivity index (χ2n) is 7.43. The van der Waals surface area contributed by atoms with E-state index in [1.165, 1.54) is 12.1 Å². The summed E-state index contributed by atoms with van der Waals surface area (Å²) in [5.74, 6) is -0.939. The maximum Gasteiger partial charge on any atom is 0.573 e. The number of urea groups is 1. The van der Waals surface area contributed by atoms with Gasteiger partial charge in [0, 0.05) is 5.69 Å². The van der Waals surface area contributed by atoms with Crippen LogP contribution in [0.15, 0.2) is 53.7 Å². The lowest BCUT2D eigenvalue weighted by Gasteiger charge is -2.30. The monoisotopic (exact) mass is 463 g/mol. The zero-order valence-electron chi connectivity index (χ0n) is 18.3. The van der Waals surface area contributed by atoms with Crippen LogP contribution in [0.1, 0.15) is 29.7 Å². The van der Waals surface area contributed by atoms with Gasteiger partial charge >= 0.3 is 18.4 Å². The van der Waals surface area contributed by atoms with E-state index in [0.29, 0.717) is 11.4 Å². The van der Waals surface area contributed by atoms with E-state index in [1.54, 1.807) is 6.92 Å². The van der Waals surface area contributed by atoms with Crippen molar-refractivity contribution in [3.63, 3.8) is 0 Å². The second kappa shape index (κ2) is 9.85. The van der Waals surface area contributed by atoms with E-state index in [0.717, 1.165) is 28.8 Å². The topological polar surface area (TPSA) is 88.7 Å². The molecule has 1 aliphatic rings. The third kappa shape index (κ3) is 6.18. The lowest BCUT2D eigenvalue weighted by Crippen LogP contribution is -2.47. The number of carbonyl (C=O) groups excluding carboxylic acids is 2. The Hall–Kier alpha value is -3.69. The van der Waals surface area contributed by atoms with Gasteiger partial charge < -0.3 is 25.4 Å². The number of aryl methyl sites for hydroxylation is 2. The molecule has 0 bridgehead atoms. The lowest BCUT2D eigenvalue weighted by atomic mass is 9.91. The molecule has 3 rings (SSSR count). The molecule has 1 atom stereocenters. The minimum Gasteiger partial charge on any atom is -0.463 e. The Kier molecular flexibility index (Phi) is 7.15. The zero-order chi connectivity index (χ0) is 24.2. The molecule has 0 aliphatic carbocycles. The highest BCUT2D eigenvalue weighted by Crippen LogP contribution is 2.31. The van der Waals surface area contributed by atoms with Gasteiger partial charge in [-0.3, -0.25) is 0 Å². The molecule has 7 nitrogen and oxygen atoms in total. The number of alkyl halides is 3. The maximum absolute atomic E-state index is 12.9. The van der Waals surface area contributed by atoms with Gasteiger partial charge in [-0.1, -0.05) is 23.8 Å². The number of carbonyl (C=O) groups is 2. The molecule has 2 aromatic carbocycles. The van der Waals surface area contributed by atoms with Crippen LogP contribution in [0.25, 0.3) is 0 Å². The molecule has 0 spiro atoms. The Bertz CT molecular complexity index is 1070. The summed E-state index contributed by atoms with van der Waals surface area (Å²) in [6.45, 7) is 5.66. The van der Waals surface area contributed by atoms with E-state index >= 15 is 0 Å². The summed E-state index contributed by atoms with van der Waals surface area (Å²) < 4.78 is 46.1. The number of nitrogens with one attached hydrogen (secondary N) is 3. The standard InChI is InChI=1S/C23H24F3N3O4/c1-4-32-21(30)19-18(12-27-15-7-9-16(10-8-15)33-23(24,25)26)28-22(31)29-20(19)17-11-13(2)5-6-14(17)3/h5-11,20,27H,4,12H2,1-3H3,(H2,28,29,31)/t20-/m1/s1. The van der Waals surface area contributed by atoms with Crippen LogP contribution in [0, 0.1) is 13.8 Å². The average molecular weight is 463 g/mol. The molecule has 2 aromatic rings. The highest BCUT2D eigenvalue weighted by Gasteiger charge is 2.34. The fraction of sp³-hybridized carbons (Fsp3) is 0.304. The number of benzene rings is 2. The average Bonchev–Trinajstić information content (AvgIpc) is 2.73. The lowest BCUT2D eigenvalue weighted by molar-refractivity contribution is -0.274. The summed E-state index contributed by atoms with van der Waals surface area (Å²) in [4.78, 5) is 25.3. The first-order chi connectivity index (χ1) is 15.6. The zero-order valence-corrected chi connectivity index (χ0v) is 18.3. The van der Waals surface area contributed by atoms with Crippen LogP contribution in [-0.2, 0) is 9.53 Å². The summed E-state index contributed by atoms with van der Waals surface area (Å²) in [5.41, 5.74) is 3.64. The Labute approximate surface area is 189 Å². The minimum atomic E-state index is -4.78. The van der Waals surface area contributed by atoms with Crippen LogP contribution in [0.4, 0.5) is 23.7 Å². The predicted molar refractivity (Wildman–Crippen MR) is 116 cm³/mol. The molecule has 1 heterocycles. The van der Waals surface area contributed by atoms with Crippen LogP contribution >= 0.6 is 0 Å². The minimum absolute atomic E-state index is 0.0302. The maximum atomic E-state index is 12.9. The first-order valence-electron chi connectivity index (χ1n) is 10.2. The van der Waals surface area contributed by atoms with Crippen LogP contribution in [0.5, 0.6) is 5.75 Å². The molecular weight excluding hydrogens is 439 g/mol. The highest BCUT2D eigenvalue weighted by atomic mass is 19.4. The van der Waals surface area contributed by atoms with Gasteiger partial charge in [0.15, 0.2) is 0 Å². The van der Waals surface area contributed by atoms with Gasteiger partial charge in [-0.15, -0.1) is 13.2 Å². The quantitative estimate of drug-likeness (QED) is 0.527. The van der Waals surface area contributed by atoms with Gasteiger partial charge in [0.2, 0.25) is 0 Å². The number of rotatable bonds is 7. The SMILES string of the molecule is CCOC(=O)C1=C(CNc2ccc(OC(F)(F)F)cc2)NC(=O)N[C@@H]1c1cc(C)ccc1C. The molecule has 0 aromatic heterocycles. The van der Waals surface area contributed by atoms with Gasteiger partial charge in [0.1, 0.15) is 5.75 Å². The summed E-state index contributed by atoms with van der Waals surface area (Å²) in [5, 5.41) is 8.44. The summed E-state index contributed by atoms with van der Waals surface area (Å²) in [6.07, 6.45) is -4.78. The number of anilines is 1. The third-order valence-electron chi connectivity index (χ3n) is 4.95. The van der Waals surface area contributed by atoms with Crippen LogP contribution in [0.2, 0.25) is 0 Å². The van der Waals surface area contributed by atoms with Gasteiger partial charge in [0.25, 0.3) is 0 Å². The fourth-order valence-corrected chi connectivity index (χ4v) is 3.48. The van der Waals surface area contributed by atoms with E-state index in [2.05, 4.69) is 20.7 Å². The first-order valence-corrected chi connectivity index (χ1v) is 10.2. The molecule has 0 saturated heterocycles. The smallest absolute Gasteiger partial charge is 0.463 e. The van der Waals surface area contributed by atoms with Crippen molar-refractivity contribution in [2.45, 2.75) is 33.2 Å². The largest absolute Gasteiger partial charge is 0.573 e. The molecule has 0 unspecified atom stereocenters. The van der Waals surface area contributed by atoms with E-state index in [9.17, 15) is 22.8 Å². The molecule has 0 saturated carbocycles. The second-order valence-corrected chi connectivity index (χ2v) is 7.43. The Balaban J connectivity index is 1.91. The Morgan fingerprint density at radius 1 is 1.12 bits per heavy atom. The number of hydrogen-bond donors (Lipinski definition) is 3. The molecule has 3 N–H and O–H groups in total. The number of amides is 2. The Morgan fingerprint density at radius 2 is 1.82 bits per heavy atom. The van der Waals surface area contributed by atoms with Crippen molar-refractivity contribution in [1.82, 2.24) is 10.6 Å². The van der Waals surface area contributed by atoms with Crippen molar-refractivity contribution in [2.75, 3.05) is 18.5 Å².